The van der Waals surface area contributed by atoms with E-state index in [1.54, 1.807) is 26.0 Å². The molecule has 11 heteroatoms. The van der Waals surface area contributed by atoms with Gasteiger partial charge in [0.15, 0.2) is 5.82 Å². The second kappa shape index (κ2) is 8.13. The number of hydrogen-bond donors (Lipinski definition) is 1. The fourth-order valence-electron chi connectivity index (χ4n) is 2.35. The first-order chi connectivity index (χ1) is 13.3. The van der Waals surface area contributed by atoms with Crippen molar-refractivity contribution in [1.82, 2.24) is 20.2 Å². The summed E-state index contributed by atoms with van der Waals surface area (Å²) in [6, 6.07) is 10.0. The van der Waals surface area contributed by atoms with Crippen LogP contribution in [-0.4, -0.2) is 36.3 Å². The van der Waals surface area contributed by atoms with Crippen LogP contribution in [-0.2, 0) is 4.79 Å². The SMILES string of the molecule is Cc1nnnn1-c1ccc(F)c(NC(=O)C(C)Sc2ccc([N+](=O)[O-])cc2)c1. The first kappa shape index (κ1) is 19.4. The molecule has 9 nitrogen and oxygen atoms in total. The zero-order valence-electron chi connectivity index (χ0n) is 14.9. The van der Waals surface area contributed by atoms with E-state index in [-0.39, 0.29) is 11.4 Å². The fourth-order valence-corrected chi connectivity index (χ4v) is 3.22. The van der Waals surface area contributed by atoms with Gasteiger partial charge in [-0.15, -0.1) is 16.9 Å². The lowest BCUT2D eigenvalue weighted by Crippen LogP contribution is -2.23. The van der Waals surface area contributed by atoms with Gasteiger partial charge in [-0.1, -0.05) is 0 Å². The van der Waals surface area contributed by atoms with Gasteiger partial charge in [-0.05, 0) is 54.6 Å². The minimum atomic E-state index is -0.588. The van der Waals surface area contributed by atoms with E-state index in [0.29, 0.717) is 16.4 Å². The third-order valence-electron chi connectivity index (χ3n) is 3.81. The lowest BCUT2D eigenvalue weighted by atomic mass is 10.2. The molecule has 0 aliphatic rings. The zero-order valence-corrected chi connectivity index (χ0v) is 15.7. The number of hydrogen-bond acceptors (Lipinski definition) is 7. The molecule has 0 saturated carbocycles. The van der Waals surface area contributed by atoms with Crippen molar-refractivity contribution in [2.45, 2.75) is 24.0 Å². The van der Waals surface area contributed by atoms with Crippen LogP contribution in [0.1, 0.15) is 12.7 Å². The summed E-state index contributed by atoms with van der Waals surface area (Å²) in [4.78, 5) is 23.3. The van der Waals surface area contributed by atoms with Gasteiger partial charge in [0.1, 0.15) is 5.82 Å². The normalized spacial score (nSPS) is 11.8. The van der Waals surface area contributed by atoms with E-state index in [1.165, 1.54) is 46.8 Å². The van der Waals surface area contributed by atoms with E-state index in [1.807, 2.05) is 0 Å². The molecule has 0 fully saturated rings. The summed E-state index contributed by atoms with van der Waals surface area (Å²) in [6.45, 7) is 3.36. The van der Waals surface area contributed by atoms with Crippen molar-refractivity contribution in [3.8, 4) is 5.69 Å². The molecule has 3 aromatic rings. The van der Waals surface area contributed by atoms with Gasteiger partial charge in [-0.3, -0.25) is 14.9 Å². The highest BCUT2D eigenvalue weighted by Gasteiger charge is 2.18. The molecule has 0 bridgehead atoms. The second-order valence-corrected chi connectivity index (χ2v) is 7.22. The molecule has 28 heavy (non-hydrogen) atoms. The molecule has 1 aromatic heterocycles. The van der Waals surface area contributed by atoms with Crippen LogP contribution in [0.5, 0.6) is 0 Å². The molecule has 0 aliphatic carbocycles. The summed E-state index contributed by atoms with van der Waals surface area (Å²) in [5.41, 5.74) is 0.488. The Morgan fingerprint density at radius 2 is 2.00 bits per heavy atom. The highest BCUT2D eigenvalue weighted by molar-refractivity contribution is 8.00. The molecule has 2 aromatic carbocycles. The summed E-state index contributed by atoms with van der Waals surface area (Å²) in [7, 11) is 0. The number of nitro groups is 1. The van der Waals surface area contributed by atoms with Crippen LogP contribution < -0.4 is 5.32 Å². The quantitative estimate of drug-likeness (QED) is 0.382. The van der Waals surface area contributed by atoms with Crippen molar-refractivity contribution in [2.75, 3.05) is 5.32 Å². The minimum Gasteiger partial charge on any atom is -0.323 e. The number of rotatable bonds is 6. The molecular formula is C17H15FN6O3S. The van der Waals surface area contributed by atoms with Crippen LogP contribution in [0.25, 0.3) is 5.69 Å². The van der Waals surface area contributed by atoms with E-state index < -0.39 is 21.9 Å². The lowest BCUT2D eigenvalue weighted by Gasteiger charge is -2.13. The molecule has 0 aliphatic heterocycles. The van der Waals surface area contributed by atoms with E-state index >= 15 is 0 Å². The average Bonchev–Trinajstić information content (AvgIpc) is 3.09. The number of halogens is 1. The number of aromatic nitrogens is 4. The van der Waals surface area contributed by atoms with E-state index in [0.717, 1.165) is 0 Å². The maximum absolute atomic E-state index is 14.1. The Morgan fingerprint density at radius 1 is 1.29 bits per heavy atom. The maximum Gasteiger partial charge on any atom is 0.269 e. The number of tetrazole rings is 1. The summed E-state index contributed by atoms with van der Waals surface area (Å²) in [5, 5.41) is 23.8. The molecule has 0 radical (unpaired) electrons. The molecule has 0 saturated heterocycles. The van der Waals surface area contributed by atoms with Crippen LogP contribution in [0, 0.1) is 22.9 Å². The number of benzene rings is 2. The Hall–Kier alpha value is -3.34. The van der Waals surface area contributed by atoms with Crippen LogP contribution in [0.2, 0.25) is 0 Å². The Bertz CT molecular complexity index is 1020. The number of nitro benzene ring substituents is 1. The van der Waals surface area contributed by atoms with Gasteiger partial charge in [-0.2, -0.15) is 4.68 Å². The van der Waals surface area contributed by atoms with Crippen molar-refractivity contribution in [2.24, 2.45) is 0 Å². The predicted molar refractivity (Wildman–Crippen MR) is 101 cm³/mol. The van der Waals surface area contributed by atoms with Crippen LogP contribution >= 0.6 is 11.8 Å². The third-order valence-corrected chi connectivity index (χ3v) is 4.92. The van der Waals surface area contributed by atoms with Gasteiger partial charge in [-0.25, -0.2) is 4.39 Å². The third kappa shape index (κ3) is 4.31. The average molecular weight is 402 g/mol. The molecule has 1 heterocycles. The highest BCUT2D eigenvalue weighted by Crippen LogP contribution is 2.27. The Morgan fingerprint density at radius 3 is 2.61 bits per heavy atom. The van der Waals surface area contributed by atoms with Crippen LogP contribution in [0.15, 0.2) is 47.4 Å². The first-order valence-electron chi connectivity index (χ1n) is 8.12. The van der Waals surface area contributed by atoms with Crippen molar-refractivity contribution in [3.05, 3.63) is 64.2 Å². The standard InChI is InChI=1S/C17H15FN6O3S/c1-10(28-14-6-3-12(4-7-14)24(26)27)17(25)19-16-9-13(5-8-15(16)18)23-11(2)20-21-22-23/h3-10H,1-2H3,(H,19,25). The number of non-ortho nitro benzene ring substituents is 1. The Labute approximate surface area is 163 Å². The number of aryl methyl sites for hydroxylation is 1. The van der Waals surface area contributed by atoms with Crippen LogP contribution in [0.3, 0.4) is 0 Å². The van der Waals surface area contributed by atoms with Gasteiger partial charge in [0.2, 0.25) is 5.91 Å². The van der Waals surface area contributed by atoms with Gasteiger partial charge in [0.05, 0.1) is 21.5 Å². The second-order valence-electron chi connectivity index (χ2n) is 5.80. The summed E-state index contributed by atoms with van der Waals surface area (Å²) >= 11 is 1.21. The number of nitrogens with zero attached hydrogens (tertiary/aromatic N) is 5. The van der Waals surface area contributed by atoms with Gasteiger partial charge in [0, 0.05) is 17.0 Å². The van der Waals surface area contributed by atoms with E-state index in [4.69, 9.17) is 0 Å². The zero-order chi connectivity index (χ0) is 20.3. The van der Waals surface area contributed by atoms with Crippen molar-refractivity contribution >= 4 is 29.0 Å². The first-order valence-corrected chi connectivity index (χ1v) is 9.00. The highest BCUT2D eigenvalue weighted by atomic mass is 32.2. The molecule has 144 valence electrons. The number of carbonyl (C=O) groups is 1. The monoisotopic (exact) mass is 402 g/mol. The molecule has 1 amide bonds. The smallest absolute Gasteiger partial charge is 0.269 e. The molecule has 0 spiro atoms. The molecule has 3 rings (SSSR count). The fraction of sp³-hybridized carbons (Fsp3) is 0.176. The lowest BCUT2D eigenvalue weighted by molar-refractivity contribution is -0.384. The Kier molecular flexibility index (Phi) is 5.64. The number of thioether (sulfide) groups is 1. The van der Waals surface area contributed by atoms with E-state index in [9.17, 15) is 19.3 Å². The Balaban J connectivity index is 1.71. The van der Waals surface area contributed by atoms with Gasteiger partial charge in [0.25, 0.3) is 5.69 Å². The van der Waals surface area contributed by atoms with Gasteiger partial charge >= 0.3 is 0 Å². The topological polar surface area (TPSA) is 116 Å². The van der Waals surface area contributed by atoms with Crippen LogP contribution in [0.4, 0.5) is 15.8 Å². The minimum absolute atomic E-state index is 0.00792. The van der Waals surface area contributed by atoms with Gasteiger partial charge < -0.3 is 5.32 Å². The molecule has 1 atom stereocenters. The van der Waals surface area contributed by atoms with Crippen molar-refractivity contribution < 1.29 is 14.1 Å². The molecule has 1 N–H and O–H groups in total. The number of amides is 1. The number of anilines is 1. The maximum atomic E-state index is 14.1. The summed E-state index contributed by atoms with van der Waals surface area (Å²) in [6.07, 6.45) is 0. The molecular weight excluding hydrogens is 387 g/mol. The van der Waals surface area contributed by atoms with Crippen molar-refractivity contribution in [1.29, 1.82) is 0 Å². The molecule has 1 unspecified atom stereocenters. The largest absolute Gasteiger partial charge is 0.323 e. The van der Waals surface area contributed by atoms with E-state index in [2.05, 4.69) is 20.8 Å². The summed E-state index contributed by atoms with van der Waals surface area (Å²) < 4.78 is 15.6. The van der Waals surface area contributed by atoms with Crippen molar-refractivity contribution in [3.63, 3.8) is 0 Å². The number of nitrogens with one attached hydrogen (secondary N) is 1. The number of carbonyl (C=O) groups excluding carboxylic acids is 1. The summed E-state index contributed by atoms with van der Waals surface area (Å²) in [5.74, 6) is -0.478. The predicted octanol–water partition coefficient (Wildman–Crippen LogP) is 3.14.